The Kier molecular flexibility index (Phi) is 4.31. The number of nitriles is 1. The molecular weight excluding hydrogens is 321 g/mol. The Morgan fingerprint density at radius 2 is 1.95 bits per heavy atom. The van der Waals surface area contributed by atoms with Crippen molar-refractivity contribution in [1.82, 2.24) is 0 Å². The zero-order valence-electron chi connectivity index (χ0n) is 10.7. The third kappa shape index (κ3) is 2.63. The third-order valence-corrected chi connectivity index (χ3v) is 3.91. The number of carbonyl (C=O) groups is 1. The number of Topliss-reactive ketones (excluding diaryl/α,β-unsaturated/α-hetero) is 1. The van der Waals surface area contributed by atoms with Crippen molar-refractivity contribution in [2.45, 2.75) is 12.8 Å². The largest absolute Gasteiger partial charge is 0.292 e. The number of ketones is 1. The number of rotatable bonds is 3. The molecule has 1 atom stereocenters. The number of benzene rings is 2. The summed E-state index contributed by atoms with van der Waals surface area (Å²) in [5.74, 6) is -1.86. The van der Waals surface area contributed by atoms with Gasteiger partial charge in [0.05, 0.1) is 10.5 Å². The number of carbonyl (C=O) groups excluding carboxylic acids is 1. The molecule has 0 fully saturated rings. The maximum absolute atomic E-state index is 13.5. The van der Waals surface area contributed by atoms with Gasteiger partial charge in [-0.3, -0.25) is 4.79 Å². The van der Waals surface area contributed by atoms with Crippen molar-refractivity contribution in [1.29, 1.82) is 5.26 Å². The van der Waals surface area contributed by atoms with Crippen LogP contribution in [0, 0.1) is 24.1 Å². The second-order valence-corrected chi connectivity index (χ2v) is 5.18. The molecule has 0 aliphatic carbocycles. The normalized spacial score (nSPS) is 11.7. The minimum Gasteiger partial charge on any atom is -0.292 e. The standard InChI is InChI=1S/C16H11BrFNO/c1-10-5-2-3-6-11(10)13(9-19)16(20)12-7-4-8-14(18)15(12)17/h2-8,13H,1H3. The molecular formula is C16H11BrFNO. The molecule has 20 heavy (non-hydrogen) atoms. The molecule has 0 heterocycles. The SMILES string of the molecule is Cc1ccccc1C(C#N)C(=O)c1cccc(F)c1Br. The molecule has 0 aliphatic heterocycles. The molecule has 2 aromatic rings. The Labute approximate surface area is 125 Å². The molecule has 0 bridgehead atoms. The first-order chi connectivity index (χ1) is 9.56. The van der Waals surface area contributed by atoms with Gasteiger partial charge in [-0.25, -0.2) is 4.39 Å². The number of hydrogen-bond acceptors (Lipinski definition) is 2. The Balaban J connectivity index is 2.49. The minimum absolute atomic E-state index is 0.0961. The molecule has 2 rings (SSSR count). The quantitative estimate of drug-likeness (QED) is 0.783. The summed E-state index contributed by atoms with van der Waals surface area (Å²) in [5, 5.41) is 9.32. The van der Waals surface area contributed by atoms with E-state index in [1.165, 1.54) is 18.2 Å². The zero-order valence-corrected chi connectivity index (χ0v) is 12.3. The number of aryl methyl sites for hydroxylation is 1. The number of nitrogens with zero attached hydrogens (tertiary/aromatic N) is 1. The highest BCUT2D eigenvalue weighted by atomic mass is 79.9. The first kappa shape index (κ1) is 14.4. The maximum atomic E-state index is 13.5. The van der Waals surface area contributed by atoms with Gasteiger partial charge < -0.3 is 0 Å². The van der Waals surface area contributed by atoms with Crippen LogP contribution in [0.1, 0.15) is 27.4 Å². The van der Waals surface area contributed by atoms with Crippen LogP contribution in [0.3, 0.4) is 0 Å². The highest BCUT2D eigenvalue weighted by Gasteiger charge is 2.25. The van der Waals surface area contributed by atoms with E-state index in [0.717, 1.165) is 5.56 Å². The maximum Gasteiger partial charge on any atom is 0.185 e. The highest BCUT2D eigenvalue weighted by molar-refractivity contribution is 9.10. The van der Waals surface area contributed by atoms with Gasteiger partial charge in [-0.15, -0.1) is 0 Å². The van der Waals surface area contributed by atoms with E-state index >= 15 is 0 Å². The van der Waals surface area contributed by atoms with Gasteiger partial charge >= 0.3 is 0 Å². The van der Waals surface area contributed by atoms with Crippen LogP contribution in [0.4, 0.5) is 4.39 Å². The predicted molar refractivity (Wildman–Crippen MR) is 78.0 cm³/mol. The minimum atomic E-state index is -0.936. The fourth-order valence-electron chi connectivity index (χ4n) is 2.03. The van der Waals surface area contributed by atoms with Crippen LogP contribution >= 0.6 is 15.9 Å². The summed E-state index contributed by atoms with van der Waals surface area (Å²) in [5.41, 5.74) is 1.69. The molecule has 1 unspecified atom stereocenters. The van der Waals surface area contributed by atoms with Crippen LogP contribution in [0.15, 0.2) is 46.9 Å². The number of hydrogen-bond donors (Lipinski definition) is 0. The number of halogens is 2. The van der Waals surface area contributed by atoms with Gasteiger partial charge in [0.2, 0.25) is 0 Å². The lowest BCUT2D eigenvalue weighted by Crippen LogP contribution is -2.13. The van der Waals surface area contributed by atoms with E-state index in [0.29, 0.717) is 5.56 Å². The predicted octanol–water partition coefficient (Wildman–Crippen LogP) is 4.39. The Morgan fingerprint density at radius 1 is 1.25 bits per heavy atom. The van der Waals surface area contributed by atoms with Crippen LogP contribution in [-0.2, 0) is 0 Å². The van der Waals surface area contributed by atoms with Crippen molar-refractivity contribution in [2.75, 3.05) is 0 Å². The summed E-state index contributed by atoms with van der Waals surface area (Å²) in [4.78, 5) is 12.5. The van der Waals surface area contributed by atoms with Gasteiger partial charge in [-0.2, -0.15) is 5.26 Å². The van der Waals surface area contributed by atoms with E-state index in [9.17, 15) is 14.4 Å². The average Bonchev–Trinajstić information content (AvgIpc) is 2.44. The molecule has 4 heteroatoms. The van der Waals surface area contributed by atoms with Gasteiger partial charge in [-0.1, -0.05) is 30.3 Å². The summed E-state index contributed by atoms with van der Waals surface area (Å²) in [6, 6.07) is 13.4. The van der Waals surface area contributed by atoms with Crippen molar-refractivity contribution in [2.24, 2.45) is 0 Å². The Morgan fingerprint density at radius 3 is 2.60 bits per heavy atom. The summed E-state index contributed by atoms with van der Waals surface area (Å²) >= 11 is 3.06. The molecule has 0 aromatic heterocycles. The summed E-state index contributed by atoms with van der Waals surface area (Å²) in [6.07, 6.45) is 0. The fraction of sp³-hybridized carbons (Fsp3) is 0.125. The van der Waals surface area contributed by atoms with E-state index in [1.807, 2.05) is 25.1 Å². The molecule has 0 amide bonds. The van der Waals surface area contributed by atoms with Crippen molar-refractivity contribution in [3.05, 3.63) is 69.4 Å². The van der Waals surface area contributed by atoms with Gasteiger partial charge in [-0.05, 0) is 46.1 Å². The molecule has 0 spiro atoms. The van der Waals surface area contributed by atoms with Crippen LogP contribution in [-0.4, -0.2) is 5.78 Å². The second kappa shape index (κ2) is 5.98. The molecule has 0 saturated heterocycles. The van der Waals surface area contributed by atoms with Gasteiger partial charge in [0.15, 0.2) is 5.78 Å². The van der Waals surface area contributed by atoms with Crippen LogP contribution in [0.2, 0.25) is 0 Å². The molecule has 2 nitrogen and oxygen atoms in total. The van der Waals surface area contributed by atoms with E-state index in [2.05, 4.69) is 15.9 Å². The van der Waals surface area contributed by atoms with Crippen LogP contribution < -0.4 is 0 Å². The zero-order chi connectivity index (χ0) is 14.7. The van der Waals surface area contributed by atoms with Crippen LogP contribution in [0.25, 0.3) is 0 Å². The smallest absolute Gasteiger partial charge is 0.185 e. The fourth-order valence-corrected chi connectivity index (χ4v) is 2.49. The van der Waals surface area contributed by atoms with Gasteiger partial charge in [0.25, 0.3) is 0 Å². The van der Waals surface area contributed by atoms with Crippen LogP contribution in [0.5, 0.6) is 0 Å². The van der Waals surface area contributed by atoms with Crippen molar-refractivity contribution < 1.29 is 9.18 Å². The Hall–Kier alpha value is -1.99. The van der Waals surface area contributed by atoms with Crippen molar-refractivity contribution >= 4 is 21.7 Å². The molecule has 0 radical (unpaired) electrons. The molecule has 2 aromatic carbocycles. The third-order valence-electron chi connectivity index (χ3n) is 3.11. The molecule has 0 aliphatic rings. The topological polar surface area (TPSA) is 40.9 Å². The molecule has 0 N–H and O–H groups in total. The first-order valence-electron chi connectivity index (χ1n) is 5.99. The van der Waals surface area contributed by atoms with E-state index in [1.54, 1.807) is 12.1 Å². The lowest BCUT2D eigenvalue weighted by atomic mass is 9.89. The molecule has 100 valence electrons. The van der Waals surface area contributed by atoms with E-state index < -0.39 is 17.5 Å². The Bertz CT molecular complexity index is 706. The first-order valence-corrected chi connectivity index (χ1v) is 6.79. The monoisotopic (exact) mass is 331 g/mol. The lowest BCUT2D eigenvalue weighted by Gasteiger charge is -2.12. The average molecular weight is 332 g/mol. The summed E-state index contributed by atoms with van der Waals surface area (Å²) in [6.45, 7) is 1.84. The molecule has 0 saturated carbocycles. The summed E-state index contributed by atoms with van der Waals surface area (Å²) < 4.78 is 13.6. The van der Waals surface area contributed by atoms with Gasteiger partial charge in [0, 0.05) is 5.56 Å². The lowest BCUT2D eigenvalue weighted by molar-refractivity contribution is 0.0977. The highest BCUT2D eigenvalue weighted by Crippen LogP contribution is 2.28. The van der Waals surface area contributed by atoms with E-state index in [-0.39, 0.29) is 10.0 Å². The summed E-state index contributed by atoms with van der Waals surface area (Å²) in [7, 11) is 0. The van der Waals surface area contributed by atoms with Crippen molar-refractivity contribution in [3.8, 4) is 6.07 Å². The van der Waals surface area contributed by atoms with Gasteiger partial charge in [0.1, 0.15) is 11.7 Å². The van der Waals surface area contributed by atoms with Crippen molar-refractivity contribution in [3.63, 3.8) is 0 Å². The van der Waals surface area contributed by atoms with E-state index in [4.69, 9.17) is 0 Å². The second-order valence-electron chi connectivity index (χ2n) is 4.38.